The summed E-state index contributed by atoms with van der Waals surface area (Å²) >= 11 is 8.21. The molecule has 6 heteroatoms. The molecule has 2 aromatic carbocycles. The number of rotatable bonds is 5. The van der Waals surface area contributed by atoms with E-state index in [0.717, 1.165) is 14.9 Å². The van der Waals surface area contributed by atoms with Gasteiger partial charge in [-0.1, -0.05) is 11.6 Å². The number of ether oxygens (including phenoxy) is 2. The molecule has 0 aliphatic heterocycles. The Bertz CT molecular complexity index is 747. The van der Waals surface area contributed by atoms with E-state index in [1.807, 2.05) is 25.1 Å². The van der Waals surface area contributed by atoms with Gasteiger partial charge in [0.25, 0.3) is 0 Å². The van der Waals surface area contributed by atoms with Crippen LogP contribution in [0.15, 0.2) is 41.4 Å². The van der Waals surface area contributed by atoms with Crippen LogP contribution in [0.5, 0.6) is 5.75 Å². The number of halogens is 2. The minimum atomic E-state index is -0.484. The minimum Gasteiger partial charge on any atom is -0.493 e. The van der Waals surface area contributed by atoms with Crippen LogP contribution in [0.2, 0.25) is 5.02 Å². The Morgan fingerprint density at radius 2 is 2.09 bits per heavy atom. The third-order valence-corrected chi connectivity index (χ3v) is 4.15. The van der Waals surface area contributed by atoms with E-state index in [-0.39, 0.29) is 0 Å². The maximum absolute atomic E-state index is 11.6. The van der Waals surface area contributed by atoms with Gasteiger partial charge in [-0.25, -0.2) is 4.79 Å². The van der Waals surface area contributed by atoms with Crippen molar-refractivity contribution in [2.24, 2.45) is 4.99 Å². The van der Waals surface area contributed by atoms with E-state index in [1.54, 1.807) is 24.4 Å². The van der Waals surface area contributed by atoms with Crippen LogP contribution in [0.1, 0.15) is 22.8 Å². The third kappa shape index (κ3) is 4.68. The quantitative estimate of drug-likeness (QED) is 0.376. The lowest BCUT2D eigenvalue weighted by Gasteiger charge is -2.06. The Hall–Kier alpha value is -1.60. The van der Waals surface area contributed by atoms with E-state index < -0.39 is 5.97 Å². The molecule has 0 aromatic heterocycles. The molecular weight excluding hydrogens is 429 g/mol. The van der Waals surface area contributed by atoms with Crippen molar-refractivity contribution in [2.45, 2.75) is 6.92 Å². The van der Waals surface area contributed by atoms with Gasteiger partial charge in [0.2, 0.25) is 0 Å². The van der Waals surface area contributed by atoms with Gasteiger partial charge in [-0.2, -0.15) is 0 Å². The van der Waals surface area contributed by atoms with E-state index >= 15 is 0 Å². The molecule has 0 N–H and O–H groups in total. The first kappa shape index (κ1) is 17.7. The van der Waals surface area contributed by atoms with Crippen molar-refractivity contribution in [1.29, 1.82) is 0 Å². The van der Waals surface area contributed by atoms with Gasteiger partial charge in [-0.15, -0.1) is 0 Å². The molecule has 0 radical (unpaired) electrons. The zero-order valence-corrected chi connectivity index (χ0v) is 15.6. The van der Waals surface area contributed by atoms with Gasteiger partial charge in [0.15, 0.2) is 0 Å². The Morgan fingerprint density at radius 3 is 2.74 bits per heavy atom. The summed E-state index contributed by atoms with van der Waals surface area (Å²) in [6.07, 6.45) is 1.72. The van der Waals surface area contributed by atoms with E-state index in [0.29, 0.717) is 22.9 Å². The lowest BCUT2D eigenvalue weighted by atomic mass is 10.2. The van der Waals surface area contributed by atoms with Crippen LogP contribution in [-0.2, 0) is 4.74 Å². The first-order valence-corrected chi connectivity index (χ1v) is 8.35. The Balaban J connectivity index is 2.23. The van der Waals surface area contributed by atoms with E-state index in [4.69, 9.17) is 21.1 Å². The number of hydrogen-bond acceptors (Lipinski definition) is 4. The highest BCUT2D eigenvalue weighted by atomic mass is 127. The highest BCUT2D eigenvalue weighted by Crippen LogP contribution is 2.24. The Morgan fingerprint density at radius 1 is 1.30 bits per heavy atom. The first-order valence-electron chi connectivity index (χ1n) is 6.89. The van der Waals surface area contributed by atoms with Gasteiger partial charge in [0.1, 0.15) is 5.75 Å². The Kier molecular flexibility index (Phi) is 6.41. The summed E-state index contributed by atoms with van der Waals surface area (Å²) in [4.78, 5) is 16.0. The minimum absolute atomic E-state index is 0.296. The molecule has 0 atom stereocenters. The molecule has 0 saturated heterocycles. The molecule has 0 heterocycles. The van der Waals surface area contributed by atoms with Crippen molar-refractivity contribution in [2.75, 3.05) is 13.7 Å². The van der Waals surface area contributed by atoms with Crippen molar-refractivity contribution < 1.29 is 14.3 Å². The summed E-state index contributed by atoms with van der Waals surface area (Å²) in [5.41, 5.74) is 1.86. The lowest BCUT2D eigenvalue weighted by molar-refractivity contribution is 0.0601. The summed E-state index contributed by atoms with van der Waals surface area (Å²) in [5.74, 6) is 0.368. The first-order chi connectivity index (χ1) is 11.0. The van der Waals surface area contributed by atoms with Gasteiger partial charge in [0, 0.05) is 6.21 Å². The van der Waals surface area contributed by atoms with Crippen LogP contribution < -0.4 is 4.74 Å². The van der Waals surface area contributed by atoms with Crippen LogP contribution >= 0.6 is 34.2 Å². The van der Waals surface area contributed by atoms with Crippen molar-refractivity contribution in [3.8, 4) is 5.75 Å². The summed E-state index contributed by atoms with van der Waals surface area (Å²) in [6, 6.07) is 10.8. The van der Waals surface area contributed by atoms with Gasteiger partial charge in [0.05, 0.1) is 33.6 Å². The average molecular weight is 444 g/mol. The normalized spacial score (nSPS) is 10.8. The second-order valence-electron chi connectivity index (χ2n) is 4.54. The molecule has 0 aliphatic rings. The molecule has 0 spiro atoms. The van der Waals surface area contributed by atoms with Crippen molar-refractivity contribution in [3.63, 3.8) is 0 Å². The lowest BCUT2D eigenvalue weighted by Crippen LogP contribution is -2.01. The highest BCUT2D eigenvalue weighted by Gasteiger charge is 2.10. The molecule has 0 aliphatic carbocycles. The van der Waals surface area contributed by atoms with Gasteiger partial charge in [-0.05, 0) is 71.5 Å². The van der Waals surface area contributed by atoms with Crippen LogP contribution in [0.25, 0.3) is 0 Å². The molecule has 0 bridgehead atoms. The second-order valence-corrected chi connectivity index (χ2v) is 6.11. The van der Waals surface area contributed by atoms with Crippen molar-refractivity contribution in [1.82, 2.24) is 0 Å². The highest BCUT2D eigenvalue weighted by molar-refractivity contribution is 14.1. The average Bonchev–Trinajstić information content (AvgIpc) is 2.55. The van der Waals surface area contributed by atoms with Crippen molar-refractivity contribution in [3.05, 3.63) is 56.1 Å². The largest absolute Gasteiger partial charge is 0.493 e. The number of aliphatic imine (C=N–C) groups is 1. The predicted octanol–water partition coefficient (Wildman–Crippen LogP) is 4.88. The maximum atomic E-state index is 11.6. The molecule has 2 aromatic rings. The number of carbonyl (C=O) groups excluding carboxylic acids is 1. The van der Waals surface area contributed by atoms with E-state index in [2.05, 4.69) is 27.6 Å². The number of methoxy groups -OCH3 is 1. The van der Waals surface area contributed by atoms with Crippen molar-refractivity contribution >= 4 is 52.1 Å². The van der Waals surface area contributed by atoms with Crippen LogP contribution in [-0.4, -0.2) is 25.9 Å². The molecule has 4 nitrogen and oxygen atoms in total. The summed E-state index contributed by atoms with van der Waals surface area (Å²) in [7, 11) is 1.32. The van der Waals surface area contributed by atoms with Gasteiger partial charge < -0.3 is 9.47 Å². The number of benzene rings is 2. The molecule has 2 rings (SSSR count). The topological polar surface area (TPSA) is 47.9 Å². The van der Waals surface area contributed by atoms with Gasteiger partial charge in [-0.3, -0.25) is 4.99 Å². The molecule has 0 fully saturated rings. The predicted molar refractivity (Wildman–Crippen MR) is 100 cm³/mol. The Labute approximate surface area is 153 Å². The van der Waals surface area contributed by atoms with E-state index in [9.17, 15) is 4.79 Å². The van der Waals surface area contributed by atoms with Gasteiger partial charge >= 0.3 is 5.97 Å². The number of esters is 1. The summed E-state index contributed by atoms with van der Waals surface area (Å²) in [5, 5.41) is 0.339. The standard InChI is InChI=1S/C17H15ClINO3/c1-3-23-16-7-4-11(8-15(16)19)10-20-12-5-6-14(18)13(9-12)17(21)22-2/h4-10H,3H2,1-2H3. The summed E-state index contributed by atoms with van der Waals surface area (Å²) in [6.45, 7) is 2.58. The van der Waals surface area contributed by atoms with Crippen LogP contribution in [0, 0.1) is 3.57 Å². The second kappa shape index (κ2) is 8.31. The number of hydrogen-bond donors (Lipinski definition) is 0. The number of nitrogens with zero attached hydrogens (tertiary/aromatic N) is 1. The SMILES string of the molecule is CCOc1ccc(C=Nc2ccc(Cl)c(C(=O)OC)c2)cc1I. The smallest absolute Gasteiger partial charge is 0.339 e. The fraction of sp³-hybridized carbons (Fsp3) is 0.176. The van der Waals surface area contributed by atoms with E-state index in [1.165, 1.54) is 7.11 Å². The maximum Gasteiger partial charge on any atom is 0.339 e. The monoisotopic (exact) mass is 443 g/mol. The molecule has 0 amide bonds. The zero-order valence-electron chi connectivity index (χ0n) is 12.7. The molecule has 0 unspecified atom stereocenters. The number of carbonyl (C=O) groups is 1. The fourth-order valence-electron chi connectivity index (χ4n) is 1.88. The molecular formula is C17H15ClINO3. The molecule has 120 valence electrons. The molecule has 0 saturated carbocycles. The zero-order chi connectivity index (χ0) is 16.8. The fourth-order valence-corrected chi connectivity index (χ4v) is 2.77. The summed E-state index contributed by atoms with van der Waals surface area (Å²) < 4.78 is 11.2. The van der Waals surface area contributed by atoms with Crippen LogP contribution in [0.3, 0.4) is 0 Å². The third-order valence-electron chi connectivity index (χ3n) is 2.97. The van der Waals surface area contributed by atoms with Crippen LogP contribution in [0.4, 0.5) is 5.69 Å². The molecule has 23 heavy (non-hydrogen) atoms.